The van der Waals surface area contributed by atoms with Crippen LogP contribution in [0.3, 0.4) is 0 Å². The summed E-state index contributed by atoms with van der Waals surface area (Å²) in [7, 11) is -1.86. The predicted molar refractivity (Wildman–Crippen MR) is 83.0 cm³/mol. The molecule has 1 atom stereocenters. The first-order chi connectivity index (χ1) is 10.1. The standard InChI is InChI=1S/C15H24N2O3S/c1-3-17(12-13-5-4-10-16-11-13)21(18,19)15-8-6-14(20-2)7-9-15/h6-9,13,16H,3-5,10-12H2,1-2H3. The first kappa shape index (κ1) is 16.3. The predicted octanol–water partition coefficient (Wildman–Crippen LogP) is 1.71. The van der Waals surface area contributed by atoms with Crippen LogP contribution in [0.2, 0.25) is 0 Å². The Morgan fingerprint density at radius 2 is 2.05 bits per heavy atom. The van der Waals surface area contributed by atoms with E-state index in [1.807, 2.05) is 6.92 Å². The number of ether oxygens (including phenoxy) is 1. The van der Waals surface area contributed by atoms with Gasteiger partial charge in [-0.2, -0.15) is 4.31 Å². The third-order valence-electron chi connectivity index (χ3n) is 3.91. The van der Waals surface area contributed by atoms with Crippen LogP contribution in [0.25, 0.3) is 0 Å². The van der Waals surface area contributed by atoms with Crippen molar-refractivity contribution in [1.82, 2.24) is 9.62 Å². The zero-order valence-corrected chi connectivity index (χ0v) is 13.5. The molecule has 1 unspecified atom stereocenters. The molecule has 1 N–H and O–H groups in total. The highest BCUT2D eigenvalue weighted by atomic mass is 32.2. The van der Waals surface area contributed by atoms with Crippen LogP contribution in [-0.4, -0.2) is 46.0 Å². The Bertz CT molecular complexity index is 537. The van der Waals surface area contributed by atoms with E-state index in [2.05, 4.69) is 5.32 Å². The third kappa shape index (κ3) is 3.96. The molecule has 1 aromatic rings. The Labute approximate surface area is 127 Å². The van der Waals surface area contributed by atoms with Crippen molar-refractivity contribution in [3.63, 3.8) is 0 Å². The summed E-state index contributed by atoms with van der Waals surface area (Å²) in [6.07, 6.45) is 2.20. The molecular weight excluding hydrogens is 288 g/mol. The number of hydrogen-bond donors (Lipinski definition) is 1. The van der Waals surface area contributed by atoms with Crippen molar-refractivity contribution in [1.29, 1.82) is 0 Å². The molecular formula is C15H24N2O3S. The first-order valence-corrected chi connectivity index (χ1v) is 8.87. The number of nitrogens with zero attached hydrogens (tertiary/aromatic N) is 1. The molecule has 0 radical (unpaired) electrons. The maximum absolute atomic E-state index is 12.7. The number of nitrogens with one attached hydrogen (secondary N) is 1. The van der Waals surface area contributed by atoms with Crippen LogP contribution in [-0.2, 0) is 10.0 Å². The number of benzene rings is 1. The summed E-state index contributed by atoms with van der Waals surface area (Å²) in [5.41, 5.74) is 0. The van der Waals surface area contributed by atoms with Crippen LogP contribution in [0.4, 0.5) is 0 Å². The largest absolute Gasteiger partial charge is 0.497 e. The van der Waals surface area contributed by atoms with Crippen molar-refractivity contribution in [3.05, 3.63) is 24.3 Å². The average molecular weight is 312 g/mol. The van der Waals surface area contributed by atoms with E-state index >= 15 is 0 Å². The molecule has 1 heterocycles. The van der Waals surface area contributed by atoms with Gasteiger partial charge in [-0.25, -0.2) is 8.42 Å². The number of methoxy groups -OCH3 is 1. The molecule has 0 aromatic heterocycles. The maximum atomic E-state index is 12.7. The van der Waals surface area contributed by atoms with E-state index in [1.165, 1.54) is 0 Å². The van der Waals surface area contributed by atoms with Crippen molar-refractivity contribution in [2.24, 2.45) is 5.92 Å². The summed E-state index contributed by atoms with van der Waals surface area (Å²) in [6, 6.07) is 6.58. The van der Waals surface area contributed by atoms with Gasteiger partial charge in [0.2, 0.25) is 10.0 Å². The number of piperidine rings is 1. The Morgan fingerprint density at radius 3 is 2.57 bits per heavy atom. The molecule has 118 valence electrons. The van der Waals surface area contributed by atoms with Crippen LogP contribution < -0.4 is 10.1 Å². The summed E-state index contributed by atoms with van der Waals surface area (Å²) in [5.74, 6) is 1.06. The quantitative estimate of drug-likeness (QED) is 0.869. The monoisotopic (exact) mass is 312 g/mol. The van der Waals surface area contributed by atoms with E-state index in [1.54, 1.807) is 35.7 Å². The molecule has 21 heavy (non-hydrogen) atoms. The summed E-state index contributed by atoms with van der Waals surface area (Å²) in [4.78, 5) is 0.328. The Balaban J connectivity index is 2.13. The van der Waals surface area contributed by atoms with Gasteiger partial charge in [0.05, 0.1) is 12.0 Å². The Hall–Kier alpha value is -1.11. The molecule has 1 saturated heterocycles. The van der Waals surface area contributed by atoms with E-state index in [9.17, 15) is 8.42 Å². The number of rotatable bonds is 6. The minimum Gasteiger partial charge on any atom is -0.497 e. The van der Waals surface area contributed by atoms with Gasteiger partial charge in [-0.05, 0) is 56.1 Å². The second-order valence-corrected chi connectivity index (χ2v) is 7.28. The molecule has 5 nitrogen and oxygen atoms in total. The number of hydrogen-bond acceptors (Lipinski definition) is 4. The van der Waals surface area contributed by atoms with Gasteiger partial charge < -0.3 is 10.1 Å². The SMILES string of the molecule is CCN(CC1CCCNC1)S(=O)(=O)c1ccc(OC)cc1. The van der Waals surface area contributed by atoms with Gasteiger partial charge in [-0.15, -0.1) is 0 Å². The minimum absolute atomic E-state index is 0.328. The van der Waals surface area contributed by atoms with Gasteiger partial charge >= 0.3 is 0 Å². The van der Waals surface area contributed by atoms with E-state index in [-0.39, 0.29) is 0 Å². The summed E-state index contributed by atoms with van der Waals surface area (Å²) in [6.45, 7) is 4.89. The van der Waals surface area contributed by atoms with Gasteiger partial charge in [0.1, 0.15) is 5.75 Å². The topological polar surface area (TPSA) is 58.6 Å². The maximum Gasteiger partial charge on any atom is 0.243 e. The lowest BCUT2D eigenvalue weighted by molar-refractivity contribution is 0.298. The fraction of sp³-hybridized carbons (Fsp3) is 0.600. The molecule has 0 amide bonds. The second-order valence-electron chi connectivity index (χ2n) is 5.34. The minimum atomic E-state index is -3.43. The molecule has 2 rings (SSSR count). The lowest BCUT2D eigenvalue weighted by Crippen LogP contribution is -2.40. The Morgan fingerprint density at radius 1 is 1.33 bits per heavy atom. The van der Waals surface area contributed by atoms with Crippen molar-refractivity contribution >= 4 is 10.0 Å². The molecule has 0 spiro atoms. The molecule has 0 bridgehead atoms. The Kier molecular flexibility index (Phi) is 5.61. The second kappa shape index (κ2) is 7.24. The van der Waals surface area contributed by atoms with Crippen molar-refractivity contribution in [2.45, 2.75) is 24.7 Å². The van der Waals surface area contributed by atoms with E-state index in [0.717, 1.165) is 25.9 Å². The molecule has 0 aliphatic carbocycles. The zero-order chi connectivity index (χ0) is 15.3. The molecule has 1 aliphatic rings. The van der Waals surface area contributed by atoms with Gasteiger partial charge in [-0.3, -0.25) is 0 Å². The summed E-state index contributed by atoms with van der Waals surface area (Å²) >= 11 is 0. The van der Waals surface area contributed by atoms with Crippen LogP contribution in [0.5, 0.6) is 5.75 Å². The lowest BCUT2D eigenvalue weighted by Gasteiger charge is -2.29. The van der Waals surface area contributed by atoms with Crippen LogP contribution in [0.1, 0.15) is 19.8 Å². The van der Waals surface area contributed by atoms with Gasteiger partial charge in [0.15, 0.2) is 0 Å². The van der Waals surface area contributed by atoms with E-state index in [0.29, 0.717) is 29.7 Å². The third-order valence-corrected chi connectivity index (χ3v) is 5.87. The van der Waals surface area contributed by atoms with E-state index < -0.39 is 10.0 Å². The van der Waals surface area contributed by atoms with Crippen molar-refractivity contribution < 1.29 is 13.2 Å². The van der Waals surface area contributed by atoms with Crippen molar-refractivity contribution in [3.8, 4) is 5.75 Å². The van der Waals surface area contributed by atoms with Gasteiger partial charge in [0.25, 0.3) is 0 Å². The van der Waals surface area contributed by atoms with Gasteiger partial charge in [0, 0.05) is 13.1 Å². The highest BCUT2D eigenvalue weighted by Gasteiger charge is 2.26. The number of sulfonamides is 1. The average Bonchev–Trinajstić information content (AvgIpc) is 2.53. The van der Waals surface area contributed by atoms with Crippen LogP contribution in [0.15, 0.2) is 29.2 Å². The fourth-order valence-corrected chi connectivity index (χ4v) is 4.19. The van der Waals surface area contributed by atoms with Gasteiger partial charge in [-0.1, -0.05) is 6.92 Å². The summed E-state index contributed by atoms with van der Waals surface area (Å²) in [5, 5.41) is 3.33. The first-order valence-electron chi connectivity index (χ1n) is 7.43. The highest BCUT2D eigenvalue weighted by Crippen LogP contribution is 2.21. The van der Waals surface area contributed by atoms with Crippen LogP contribution in [0, 0.1) is 5.92 Å². The van der Waals surface area contributed by atoms with E-state index in [4.69, 9.17) is 4.74 Å². The smallest absolute Gasteiger partial charge is 0.243 e. The molecule has 1 aliphatic heterocycles. The normalized spacial score (nSPS) is 19.7. The van der Waals surface area contributed by atoms with Crippen molar-refractivity contribution in [2.75, 3.05) is 33.3 Å². The molecule has 0 saturated carbocycles. The summed E-state index contributed by atoms with van der Waals surface area (Å²) < 4.78 is 32.1. The molecule has 1 fully saturated rings. The van der Waals surface area contributed by atoms with Crippen LogP contribution >= 0.6 is 0 Å². The molecule has 6 heteroatoms. The fourth-order valence-electron chi connectivity index (χ4n) is 2.66. The molecule has 1 aromatic carbocycles. The lowest BCUT2D eigenvalue weighted by atomic mass is 10.00. The zero-order valence-electron chi connectivity index (χ0n) is 12.7. The highest BCUT2D eigenvalue weighted by molar-refractivity contribution is 7.89.